The third-order valence-corrected chi connectivity index (χ3v) is 4.71. The number of nitrogens with two attached hydrogens (primary N) is 1. The Morgan fingerprint density at radius 3 is 2.58 bits per heavy atom. The van der Waals surface area contributed by atoms with Gasteiger partial charge in [-0.25, -0.2) is 0 Å². The number of hydrogen-bond acceptors (Lipinski definition) is 3. The first-order valence-corrected chi connectivity index (χ1v) is 7.14. The number of Topliss-reactive ketones (excluding diaryl/α,β-unsaturated/α-hetero) is 1. The van der Waals surface area contributed by atoms with E-state index in [-0.39, 0.29) is 11.4 Å². The van der Waals surface area contributed by atoms with Crippen molar-refractivity contribution in [3.05, 3.63) is 22.8 Å². The van der Waals surface area contributed by atoms with E-state index < -0.39 is 0 Å². The molecule has 1 aromatic rings. The minimum absolute atomic E-state index is 0.193. The molecule has 1 aliphatic carbocycles. The van der Waals surface area contributed by atoms with Crippen molar-refractivity contribution in [2.75, 3.05) is 5.73 Å². The van der Waals surface area contributed by atoms with Crippen LogP contribution in [0.15, 0.2) is 6.07 Å². The van der Waals surface area contributed by atoms with E-state index in [9.17, 15) is 4.79 Å². The third-order valence-electron chi connectivity index (χ3n) is 4.71. The summed E-state index contributed by atoms with van der Waals surface area (Å²) in [4.78, 5) is 12.4. The molecule has 0 saturated heterocycles. The van der Waals surface area contributed by atoms with Crippen LogP contribution < -0.4 is 10.5 Å². The van der Waals surface area contributed by atoms with Gasteiger partial charge in [0.1, 0.15) is 5.60 Å². The summed E-state index contributed by atoms with van der Waals surface area (Å²) in [6, 6.07) is 1.93. The standard InChI is InChI=1S/C16H21NO2/c1-10-8-12-13(18)9-16(6-4-3-5-7-16)19-15(12)14(17)11(10)2/h8H,3-7,9,17H2,1-2H3. The Balaban J connectivity index is 2.08. The van der Waals surface area contributed by atoms with E-state index in [1.165, 1.54) is 6.42 Å². The zero-order valence-corrected chi connectivity index (χ0v) is 11.7. The van der Waals surface area contributed by atoms with Gasteiger partial charge in [0.05, 0.1) is 17.7 Å². The first-order chi connectivity index (χ1) is 9.02. The van der Waals surface area contributed by atoms with Crippen LogP contribution in [0.4, 0.5) is 5.69 Å². The quantitative estimate of drug-likeness (QED) is 0.725. The summed E-state index contributed by atoms with van der Waals surface area (Å²) in [5.74, 6) is 0.833. The summed E-state index contributed by atoms with van der Waals surface area (Å²) in [6.45, 7) is 3.98. The number of aryl methyl sites for hydroxylation is 1. The van der Waals surface area contributed by atoms with Gasteiger partial charge in [-0.15, -0.1) is 0 Å². The highest BCUT2D eigenvalue weighted by molar-refractivity contribution is 6.02. The molecule has 1 spiro atoms. The molecule has 1 aromatic carbocycles. The van der Waals surface area contributed by atoms with Gasteiger partial charge in [-0.1, -0.05) is 6.42 Å². The molecule has 3 nitrogen and oxygen atoms in total. The minimum atomic E-state index is -0.280. The Hall–Kier alpha value is -1.51. The van der Waals surface area contributed by atoms with E-state index in [1.807, 2.05) is 19.9 Å². The van der Waals surface area contributed by atoms with Gasteiger partial charge in [-0.05, 0) is 56.7 Å². The molecule has 0 amide bonds. The highest BCUT2D eigenvalue weighted by Gasteiger charge is 2.42. The number of anilines is 1. The molecule has 3 rings (SSSR count). The molecule has 0 aromatic heterocycles. The number of rotatable bonds is 0. The highest BCUT2D eigenvalue weighted by Crippen LogP contribution is 2.45. The molecule has 1 aliphatic heterocycles. The maximum absolute atomic E-state index is 12.4. The van der Waals surface area contributed by atoms with E-state index >= 15 is 0 Å². The Labute approximate surface area is 114 Å². The summed E-state index contributed by atoms with van der Waals surface area (Å²) in [5.41, 5.74) is 9.31. The SMILES string of the molecule is Cc1cc2c(c(N)c1C)OC1(CCCCC1)CC2=O. The molecular formula is C16H21NO2. The Bertz CT molecular complexity index is 542. The van der Waals surface area contributed by atoms with Crippen LogP contribution in [0.25, 0.3) is 0 Å². The monoisotopic (exact) mass is 259 g/mol. The largest absolute Gasteiger partial charge is 0.484 e. The second kappa shape index (κ2) is 4.26. The van der Waals surface area contributed by atoms with Crippen molar-refractivity contribution < 1.29 is 9.53 Å². The number of ketones is 1. The lowest BCUT2D eigenvalue weighted by Gasteiger charge is -2.41. The average molecular weight is 259 g/mol. The van der Waals surface area contributed by atoms with Gasteiger partial charge in [0.25, 0.3) is 0 Å². The summed E-state index contributed by atoms with van der Waals surface area (Å²) < 4.78 is 6.25. The van der Waals surface area contributed by atoms with Crippen molar-refractivity contribution in [1.82, 2.24) is 0 Å². The topological polar surface area (TPSA) is 52.3 Å². The van der Waals surface area contributed by atoms with Gasteiger partial charge in [0, 0.05) is 0 Å². The molecule has 3 heteroatoms. The number of benzene rings is 1. The third kappa shape index (κ3) is 1.92. The van der Waals surface area contributed by atoms with Crippen molar-refractivity contribution in [3.8, 4) is 5.75 Å². The fourth-order valence-corrected chi connectivity index (χ4v) is 3.35. The highest BCUT2D eigenvalue weighted by atomic mass is 16.5. The van der Waals surface area contributed by atoms with Gasteiger partial charge < -0.3 is 10.5 Å². The van der Waals surface area contributed by atoms with E-state index in [0.29, 0.717) is 23.4 Å². The van der Waals surface area contributed by atoms with Crippen LogP contribution in [0.5, 0.6) is 5.75 Å². The van der Waals surface area contributed by atoms with E-state index in [4.69, 9.17) is 10.5 Å². The lowest BCUT2D eigenvalue weighted by atomic mass is 9.78. The Kier molecular flexibility index (Phi) is 2.80. The molecule has 0 bridgehead atoms. The molecule has 0 atom stereocenters. The van der Waals surface area contributed by atoms with Crippen LogP contribution in [0.1, 0.15) is 60.0 Å². The Morgan fingerprint density at radius 2 is 1.89 bits per heavy atom. The average Bonchev–Trinajstić information content (AvgIpc) is 2.39. The van der Waals surface area contributed by atoms with E-state index in [0.717, 1.165) is 36.8 Å². The molecule has 1 fully saturated rings. The van der Waals surface area contributed by atoms with E-state index in [1.54, 1.807) is 0 Å². The maximum Gasteiger partial charge on any atom is 0.170 e. The molecule has 0 radical (unpaired) electrons. The van der Waals surface area contributed by atoms with Gasteiger partial charge in [-0.3, -0.25) is 4.79 Å². The molecule has 2 N–H and O–H groups in total. The molecule has 0 unspecified atom stereocenters. The van der Waals surface area contributed by atoms with Crippen molar-refractivity contribution in [3.63, 3.8) is 0 Å². The van der Waals surface area contributed by atoms with Crippen molar-refractivity contribution in [1.29, 1.82) is 0 Å². The number of carbonyl (C=O) groups excluding carboxylic acids is 1. The Morgan fingerprint density at radius 1 is 1.21 bits per heavy atom. The molecular weight excluding hydrogens is 238 g/mol. The van der Waals surface area contributed by atoms with Crippen LogP contribution >= 0.6 is 0 Å². The van der Waals surface area contributed by atoms with E-state index in [2.05, 4.69) is 0 Å². The number of hydrogen-bond donors (Lipinski definition) is 1. The van der Waals surface area contributed by atoms with Crippen LogP contribution in [0.2, 0.25) is 0 Å². The molecule has 2 aliphatic rings. The van der Waals surface area contributed by atoms with Crippen molar-refractivity contribution in [2.45, 2.75) is 58.0 Å². The van der Waals surface area contributed by atoms with Crippen LogP contribution in [-0.2, 0) is 0 Å². The normalized spacial score (nSPS) is 21.1. The van der Waals surface area contributed by atoms with Gasteiger partial charge in [0.2, 0.25) is 0 Å². The molecule has 102 valence electrons. The fourth-order valence-electron chi connectivity index (χ4n) is 3.35. The molecule has 1 heterocycles. The summed E-state index contributed by atoms with van der Waals surface area (Å²) in [5, 5.41) is 0. The summed E-state index contributed by atoms with van der Waals surface area (Å²) in [6.07, 6.45) is 6.01. The predicted molar refractivity (Wildman–Crippen MR) is 75.7 cm³/mol. The zero-order valence-electron chi connectivity index (χ0n) is 11.7. The summed E-state index contributed by atoms with van der Waals surface area (Å²) in [7, 11) is 0. The lowest BCUT2D eigenvalue weighted by molar-refractivity contribution is 0.0142. The minimum Gasteiger partial charge on any atom is -0.484 e. The first-order valence-electron chi connectivity index (χ1n) is 7.14. The van der Waals surface area contributed by atoms with Gasteiger partial charge in [0.15, 0.2) is 11.5 Å². The second-order valence-corrected chi connectivity index (χ2v) is 6.05. The number of nitrogen functional groups attached to an aromatic ring is 1. The zero-order chi connectivity index (χ0) is 13.6. The first kappa shape index (κ1) is 12.5. The number of carbonyl (C=O) groups is 1. The fraction of sp³-hybridized carbons (Fsp3) is 0.562. The lowest BCUT2D eigenvalue weighted by Crippen LogP contribution is -2.43. The number of fused-ring (bicyclic) bond motifs is 1. The smallest absolute Gasteiger partial charge is 0.170 e. The van der Waals surface area contributed by atoms with Crippen molar-refractivity contribution in [2.24, 2.45) is 0 Å². The van der Waals surface area contributed by atoms with Crippen molar-refractivity contribution >= 4 is 11.5 Å². The van der Waals surface area contributed by atoms with Crippen LogP contribution in [0, 0.1) is 13.8 Å². The van der Waals surface area contributed by atoms with Crippen LogP contribution in [-0.4, -0.2) is 11.4 Å². The summed E-state index contributed by atoms with van der Waals surface area (Å²) >= 11 is 0. The maximum atomic E-state index is 12.4. The van der Waals surface area contributed by atoms with Gasteiger partial charge >= 0.3 is 0 Å². The molecule has 19 heavy (non-hydrogen) atoms. The van der Waals surface area contributed by atoms with Crippen LogP contribution in [0.3, 0.4) is 0 Å². The second-order valence-electron chi connectivity index (χ2n) is 6.05. The molecule has 1 saturated carbocycles. The van der Waals surface area contributed by atoms with Gasteiger partial charge in [-0.2, -0.15) is 0 Å². The predicted octanol–water partition coefficient (Wildman–Crippen LogP) is 3.55. The number of ether oxygens (including phenoxy) is 1.